The predicted octanol–water partition coefficient (Wildman–Crippen LogP) is 1.86. The van der Waals surface area contributed by atoms with Gasteiger partial charge >= 0.3 is 0 Å². The molecule has 0 aliphatic heterocycles. The van der Waals surface area contributed by atoms with E-state index in [0.717, 1.165) is 0 Å². The second-order valence-electron chi connectivity index (χ2n) is 2.27. The summed E-state index contributed by atoms with van der Waals surface area (Å²) in [5, 5.41) is 2.75. The lowest BCUT2D eigenvalue weighted by atomic mass is 10.7. The Morgan fingerprint density at radius 2 is 0.923 bits per heavy atom. The molecule has 0 unspecified atom stereocenters. The first-order valence-corrected chi connectivity index (χ1v) is 4.15. The Kier molecular flexibility index (Phi) is 9.32. The molecule has 3 N–H and O–H groups in total. The van der Waals surface area contributed by atoms with E-state index >= 15 is 0 Å². The van der Waals surface area contributed by atoms with Gasteiger partial charge in [0.15, 0.2) is 0 Å². The van der Waals surface area contributed by atoms with Crippen molar-refractivity contribution in [3.63, 3.8) is 0 Å². The first-order chi connectivity index (χ1) is 6.41. The second kappa shape index (κ2) is 10.5. The third-order valence-electron chi connectivity index (χ3n) is 0.992. The molecule has 0 amide bonds. The Morgan fingerprint density at radius 1 is 0.692 bits per heavy atom. The fourth-order valence-corrected chi connectivity index (χ4v) is 0.556. The van der Waals surface area contributed by atoms with Crippen LogP contribution >= 0.6 is 0 Å². The molecule has 2 rings (SSSR count). The maximum atomic E-state index is 2.86. The molecule has 2 heterocycles. The van der Waals surface area contributed by atoms with E-state index in [1.54, 1.807) is 0 Å². The third kappa shape index (κ3) is 10.5. The summed E-state index contributed by atoms with van der Waals surface area (Å²) >= 11 is 0. The molecule has 0 fully saturated rings. The van der Waals surface area contributed by atoms with Crippen LogP contribution in [0, 0.1) is 0 Å². The molecule has 72 valence electrons. The molecule has 2 aromatic rings. The van der Waals surface area contributed by atoms with Crippen LogP contribution in [0.1, 0.15) is 0 Å². The van der Waals surface area contributed by atoms with Gasteiger partial charge in [-0.15, -0.1) is 0 Å². The minimum Gasteiger partial charge on any atom is -0.368 e. The first kappa shape index (κ1) is 11.5. The minimum atomic E-state index is 1.88. The minimum absolute atomic E-state index is 1.88. The zero-order valence-electron chi connectivity index (χ0n) is 8.12. The molecule has 0 atom stereocenters. The van der Waals surface area contributed by atoms with Crippen molar-refractivity contribution >= 4 is 0 Å². The summed E-state index contributed by atoms with van der Waals surface area (Å²) in [6.45, 7) is 0. The van der Waals surface area contributed by atoms with Crippen molar-refractivity contribution in [1.82, 2.24) is 15.3 Å². The first-order valence-electron chi connectivity index (χ1n) is 4.15. The van der Waals surface area contributed by atoms with Crippen LogP contribution in [0.3, 0.4) is 0 Å². The van der Waals surface area contributed by atoms with Crippen molar-refractivity contribution in [3.05, 3.63) is 49.1 Å². The Bertz CT molecular complexity index is 162. The molecule has 0 aliphatic rings. The highest BCUT2D eigenvalue weighted by atomic mass is 14.7. The predicted molar refractivity (Wildman–Crippen MR) is 56.6 cm³/mol. The highest BCUT2D eigenvalue weighted by Gasteiger charge is 1.56. The van der Waals surface area contributed by atoms with Gasteiger partial charge in [0.1, 0.15) is 0 Å². The fraction of sp³-hybridized carbons (Fsp3) is 0.200. The van der Waals surface area contributed by atoms with E-state index in [1.807, 2.05) is 63.1 Å². The number of rotatable bonds is 0. The van der Waals surface area contributed by atoms with E-state index in [9.17, 15) is 0 Å². The van der Waals surface area contributed by atoms with Crippen molar-refractivity contribution in [2.24, 2.45) is 0 Å². The maximum absolute atomic E-state index is 2.86. The van der Waals surface area contributed by atoms with Gasteiger partial charge in [-0.05, 0) is 38.4 Å². The molecule has 0 aromatic carbocycles. The average Bonchev–Trinajstić information content (AvgIpc) is 2.85. The van der Waals surface area contributed by atoms with Crippen molar-refractivity contribution in [1.29, 1.82) is 0 Å². The van der Waals surface area contributed by atoms with E-state index in [4.69, 9.17) is 0 Å². The quantitative estimate of drug-likeness (QED) is 0.568. The second-order valence-corrected chi connectivity index (χ2v) is 2.27. The lowest BCUT2D eigenvalue weighted by Gasteiger charge is -1.59. The molecule has 0 radical (unpaired) electrons. The van der Waals surface area contributed by atoms with Crippen LogP contribution in [0.25, 0.3) is 0 Å². The summed E-state index contributed by atoms with van der Waals surface area (Å²) in [7, 11) is 3.75. The molecule has 13 heavy (non-hydrogen) atoms. The van der Waals surface area contributed by atoms with Crippen molar-refractivity contribution in [2.75, 3.05) is 14.1 Å². The fourth-order valence-electron chi connectivity index (χ4n) is 0.556. The van der Waals surface area contributed by atoms with E-state index in [0.29, 0.717) is 0 Å². The van der Waals surface area contributed by atoms with Crippen LogP contribution in [0.5, 0.6) is 0 Å². The normalized spacial score (nSPS) is 7.54. The molecule has 0 saturated heterocycles. The standard InChI is InChI=1S/2C4H5N.C2H7N/c2*1-2-4-5-3-1;1-3-2/h2*1-5H;3H,1-2H3. The zero-order valence-corrected chi connectivity index (χ0v) is 8.12. The highest BCUT2D eigenvalue weighted by Crippen LogP contribution is 1.72. The van der Waals surface area contributed by atoms with Gasteiger partial charge in [0.05, 0.1) is 0 Å². The van der Waals surface area contributed by atoms with Gasteiger partial charge in [-0.25, -0.2) is 0 Å². The van der Waals surface area contributed by atoms with E-state index in [2.05, 4.69) is 15.3 Å². The summed E-state index contributed by atoms with van der Waals surface area (Å²) in [5.74, 6) is 0. The number of hydrogen-bond acceptors (Lipinski definition) is 1. The number of hydrogen-bond donors (Lipinski definition) is 3. The summed E-state index contributed by atoms with van der Waals surface area (Å²) in [5.41, 5.74) is 0. The summed E-state index contributed by atoms with van der Waals surface area (Å²) in [6, 6.07) is 7.78. The van der Waals surface area contributed by atoms with Crippen LogP contribution in [-0.2, 0) is 0 Å². The monoisotopic (exact) mass is 179 g/mol. The van der Waals surface area contributed by atoms with E-state index < -0.39 is 0 Å². The van der Waals surface area contributed by atoms with Gasteiger partial charge in [-0.2, -0.15) is 0 Å². The molecule has 3 heteroatoms. The Balaban J connectivity index is 0.000000174. The van der Waals surface area contributed by atoms with Gasteiger partial charge in [0, 0.05) is 24.8 Å². The molecular formula is C10H17N3. The zero-order chi connectivity index (χ0) is 9.78. The van der Waals surface area contributed by atoms with Crippen molar-refractivity contribution < 1.29 is 0 Å². The smallest absolute Gasteiger partial charge is 0.000496 e. The molecule has 2 aromatic heterocycles. The molecule has 3 nitrogen and oxygen atoms in total. The van der Waals surface area contributed by atoms with Gasteiger partial charge in [-0.1, -0.05) is 0 Å². The number of nitrogens with one attached hydrogen (secondary N) is 3. The Labute approximate surface area is 79.2 Å². The average molecular weight is 179 g/mol. The van der Waals surface area contributed by atoms with Gasteiger partial charge in [0.2, 0.25) is 0 Å². The summed E-state index contributed by atoms with van der Waals surface area (Å²) in [6.07, 6.45) is 7.50. The maximum Gasteiger partial charge on any atom is 0.000496 e. The lowest BCUT2D eigenvalue weighted by Crippen LogP contribution is -1.89. The molecule has 0 bridgehead atoms. The highest BCUT2D eigenvalue weighted by molar-refractivity contribution is 4.85. The molecule has 0 aliphatic carbocycles. The number of aromatic nitrogens is 2. The largest absolute Gasteiger partial charge is 0.368 e. The number of aromatic amines is 2. The Hall–Kier alpha value is -1.48. The van der Waals surface area contributed by atoms with Gasteiger partial charge < -0.3 is 15.3 Å². The van der Waals surface area contributed by atoms with Crippen LogP contribution in [0.15, 0.2) is 49.1 Å². The molecule has 0 saturated carbocycles. The van der Waals surface area contributed by atoms with Crippen LogP contribution in [0.2, 0.25) is 0 Å². The molecular weight excluding hydrogens is 162 g/mol. The van der Waals surface area contributed by atoms with Crippen molar-refractivity contribution in [3.8, 4) is 0 Å². The van der Waals surface area contributed by atoms with Crippen molar-refractivity contribution in [2.45, 2.75) is 0 Å². The van der Waals surface area contributed by atoms with Crippen LogP contribution in [0.4, 0.5) is 0 Å². The topological polar surface area (TPSA) is 43.6 Å². The van der Waals surface area contributed by atoms with Crippen LogP contribution in [-0.4, -0.2) is 24.1 Å². The number of H-pyrrole nitrogens is 2. The molecule has 0 spiro atoms. The summed E-state index contributed by atoms with van der Waals surface area (Å²) in [4.78, 5) is 5.72. The third-order valence-corrected chi connectivity index (χ3v) is 0.992. The SMILES string of the molecule is CNC.c1cc[nH]c1.c1cc[nH]c1. The van der Waals surface area contributed by atoms with Gasteiger partial charge in [0.25, 0.3) is 0 Å². The van der Waals surface area contributed by atoms with E-state index in [1.165, 1.54) is 0 Å². The van der Waals surface area contributed by atoms with Gasteiger partial charge in [-0.3, -0.25) is 0 Å². The van der Waals surface area contributed by atoms with E-state index in [-0.39, 0.29) is 0 Å². The van der Waals surface area contributed by atoms with Crippen LogP contribution < -0.4 is 5.32 Å². The summed E-state index contributed by atoms with van der Waals surface area (Å²) < 4.78 is 0. The lowest BCUT2D eigenvalue weighted by molar-refractivity contribution is 1.02. The Morgan fingerprint density at radius 3 is 1.00 bits per heavy atom.